The van der Waals surface area contributed by atoms with Crippen LogP contribution in [-0.4, -0.2) is 51.2 Å². The molecular weight excluding hydrogens is 375 g/mol. The normalized spacial score (nSPS) is 23.4. The molecule has 29 heavy (non-hydrogen) atoms. The third kappa shape index (κ3) is 3.00. The van der Waals surface area contributed by atoms with E-state index in [1.54, 1.807) is 34.2 Å². The van der Waals surface area contributed by atoms with Gasteiger partial charge in [-0.3, -0.25) is 9.59 Å². The van der Waals surface area contributed by atoms with Crippen LogP contribution in [0.5, 0.6) is 0 Å². The number of aromatic amines is 1. The summed E-state index contributed by atoms with van der Waals surface area (Å²) < 4.78 is 19.1. The predicted octanol–water partition coefficient (Wildman–Crippen LogP) is 2.73. The number of nitrogens with zero attached hydrogens (tertiary/aromatic N) is 3. The zero-order valence-corrected chi connectivity index (χ0v) is 15.5. The van der Waals surface area contributed by atoms with E-state index in [1.807, 2.05) is 6.07 Å². The zero-order valence-electron chi connectivity index (χ0n) is 15.5. The van der Waals surface area contributed by atoms with Crippen LogP contribution in [0, 0.1) is 17.7 Å². The van der Waals surface area contributed by atoms with Gasteiger partial charge in [-0.2, -0.15) is 0 Å². The first-order chi connectivity index (χ1) is 14.1. The quantitative estimate of drug-likeness (QED) is 0.741. The fourth-order valence-corrected chi connectivity index (χ4v) is 4.63. The second-order valence-corrected chi connectivity index (χ2v) is 7.54. The molecule has 0 spiro atoms. The van der Waals surface area contributed by atoms with E-state index in [1.165, 1.54) is 24.7 Å². The first-order valence-corrected chi connectivity index (χ1v) is 9.49. The van der Waals surface area contributed by atoms with Gasteiger partial charge in [-0.25, -0.2) is 9.37 Å². The Morgan fingerprint density at radius 1 is 1.14 bits per heavy atom. The zero-order chi connectivity index (χ0) is 20.0. The van der Waals surface area contributed by atoms with Crippen molar-refractivity contribution in [2.45, 2.75) is 6.04 Å². The molecule has 8 heteroatoms. The number of oxazole rings is 1. The molecule has 2 fully saturated rings. The number of nitrogens with one attached hydrogen (secondary N) is 1. The third-order valence-corrected chi connectivity index (χ3v) is 5.87. The highest BCUT2D eigenvalue weighted by Gasteiger charge is 2.50. The smallest absolute Gasteiger partial charge is 0.291 e. The van der Waals surface area contributed by atoms with Crippen LogP contribution in [0.4, 0.5) is 4.39 Å². The van der Waals surface area contributed by atoms with Crippen LogP contribution in [0.15, 0.2) is 59.6 Å². The highest BCUT2D eigenvalue weighted by atomic mass is 19.1. The standard InChI is InChI=1S/C21H19FN4O3/c22-15-4-1-3-13(7-15)19-16-11-25(21(28)18-8-23-12-29-18)9-14(16)10-26(19)20(27)17-5-2-6-24-17/h1-8,12,14,16,19,24H,9-11H2/t14-,16-,19+/m0/s1. The molecule has 4 heterocycles. The summed E-state index contributed by atoms with van der Waals surface area (Å²) in [6.07, 6.45) is 4.34. The van der Waals surface area contributed by atoms with Crippen LogP contribution in [0.25, 0.3) is 0 Å². The van der Waals surface area contributed by atoms with Crippen LogP contribution in [0.2, 0.25) is 0 Å². The monoisotopic (exact) mass is 394 g/mol. The maximum absolute atomic E-state index is 14.0. The van der Waals surface area contributed by atoms with Crippen LogP contribution < -0.4 is 0 Å². The number of carbonyl (C=O) groups excluding carboxylic acids is 2. The van der Waals surface area contributed by atoms with Crippen molar-refractivity contribution >= 4 is 11.8 Å². The van der Waals surface area contributed by atoms with E-state index >= 15 is 0 Å². The number of H-pyrrole nitrogens is 1. The molecule has 1 aromatic carbocycles. The van der Waals surface area contributed by atoms with Gasteiger partial charge in [0.15, 0.2) is 6.39 Å². The SMILES string of the molecule is O=C(c1cnco1)N1C[C@H]2CN(C(=O)c3ccc[nH]3)[C@H](c3cccc(F)c3)[C@H]2C1. The van der Waals surface area contributed by atoms with Gasteiger partial charge in [-0.15, -0.1) is 0 Å². The predicted molar refractivity (Wildman–Crippen MR) is 100 cm³/mol. The number of fused-ring (bicyclic) bond motifs is 1. The number of rotatable bonds is 3. The Balaban J connectivity index is 1.46. The molecule has 3 atom stereocenters. The molecule has 0 radical (unpaired) electrons. The summed E-state index contributed by atoms with van der Waals surface area (Å²) in [6, 6.07) is 9.56. The molecule has 2 aromatic heterocycles. The van der Waals surface area contributed by atoms with E-state index in [0.717, 1.165) is 5.56 Å². The van der Waals surface area contributed by atoms with Gasteiger partial charge in [-0.05, 0) is 29.8 Å². The van der Waals surface area contributed by atoms with Crippen molar-refractivity contribution in [2.24, 2.45) is 11.8 Å². The molecular formula is C21H19FN4O3. The Labute approximate surface area is 166 Å². The summed E-state index contributed by atoms with van der Waals surface area (Å²) in [7, 11) is 0. The summed E-state index contributed by atoms with van der Waals surface area (Å²) in [5, 5.41) is 0. The minimum atomic E-state index is -0.342. The maximum Gasteiger partial charge on any atom is 0.291 e. The van der Waals surface area contributed by atoms with E-state index in [4.69, 9.17) is 4.42 Å². The number of hydrogen-bond acceptors (Lipinski definition) is 4. The molecule has 3 aromatic rings. The number of likely N-dealkylation sites (tertiary alicyclic amines) is 2. The van der Waals surface area contributed by atoms with Gasteiger partial charge in [0, 0.05) is 37.7 Å². The topological polar surface area (TPSA) is 82.4 Å². The van der Waals surface area contributed by atoms with Gasteiger partial charge >= 0.3 is 0 Å². The van der Waals surface area contributed by atoms with Gasteiger partial charge in [-0.1, -0.05) is 12.1 Å². The van der Waals surface area contributed by atoms with Gasteiger partial charge in [0.25, 0.3) is 11.8 Å². The summed E-state index contributed by atoms with van der Waals surface area (Å²) in [4.78, 5) is 36.1. The molecule has 5 rings (SSSR count). The number of aromatic nitrogens is 2. The van der Waals surface area contributed by atoms with Gasteiger partial charge in [0.2, 0.25) is 5.76 Å². The number of benzene rings is 1. The molecule has 7 nitrogen and oxygen atoms in total. The Kier molecular flexibility index (Phi) is 4.19. The van der Waals surface area contributed by atoms with E-state index in [2.05, 4.69) is 9.97 Å². The molecule has 1 N–H and O–H groups in total. The second kappa shape index (κ2) is 6.88. The van der Waals surface area contributed by atoms with E-state index < -0.39 is 0 Å². The minimum Gasteiger partial charge on any atom is -0.438 e. The molecule has 148 valence electrons. The average molecular weight is 394 g/mol. The summed E-state index contributed by atoms with van der Waals surface area (Å²) in [5.74, 6) is -0.349. The number of amides is 2. The van der Waals surface area contributed by atoms with E-state index in [9.17, 15) is 14.0 Å². The Bertz CT molecular complexity index is 1030. The van der Waals surface area contributed by atoms with Crippen molar-refractivity contribution in [3.63, 3.8) is 0 Å². The molecule has 2 aliphatic rings. The fraction of sp³-hybridized carbons (Fsp3) is 0.286. The fourth-order valence-electron chi connectivity index (χ4n) is 4.63. The summed E-state index contributed by atoms with van der Waals surface area (Å²) in [6.45, 7) is 1.49. The first kappa shape index (κ1) is 17.7. The first-order valence-electron chi connectivity index (χ1n) is 9.49. The van der Waals surface area contributed by atoms with Crippen LogP contribution in [0.3, 0.4) is 0 Å². The number of halogens is 1. The van der Waals surface area contributed by atoms with Crippen LogP contribution in [-0.2, 0) is 0 Å². The van der Waals surface area contributed by atoms with Crippen molar-refractivity contribution in [1.29, 1.82) is 0 Å². The molecule has 0 saturated carbocycles. The molecule has 2 aliphatic heterocycles. The molecule has 0 aliphatic carbocycles. The van der Waals surface area contributed by atoms with Crippen LogP contribution in [0.1, 0.15) is 32.6 Å². The lowest BCUT2D eigenvalue weighted by Crippen LogP contribution is -2.37. The minimum absolute atomic E-state index is 0.0163. The van der Waals surface area contributed by atoms with Crippen molar-refractivity contribution in [3.05, 3.63) is 78.0 Å². The van der Waals surface area contributed by atoms with Crippen molar-refractivity contribution in [3.8, 4) is 0 Å². The summed E-state index contributed by atoms with van der Waals surface area (Å²) >= 11 is 0. The maximum atomic E-state index is 14.0. The second-order valence-electron chi connectivity index (χ2n) is 7.54. The lowest BCUT2D eigenvalue weighted by Gasteiger charge is -2.29. The Morgan fingerprint density at radius 3 is 2.76 bits per heavy atom. The van der Waals surface area contributed by atoms with Gasteiger partial charge < -0.3 is 19.2 Å². The van der Waals surface area contributed by atoms with Gasteiger partial charge in [0.1, 0.15) is 11.5 Å². The van der Waals surface area contributed by atoms with Crippen LogP contribution >= 0.6 is 0 Å². The van der Waals surface area contributed by atoms with Crippen molar-refractivity contribution in [2.75, 3.05) is 19.6 Å². The third-order valence-electron chi connectivity index (χ3n) is 5.87. The molecule has 0 bridgehead atoms. The lowest BCUT2D eigenvalue weighted by atomic mass is 9.89. The van der Waals surface area contributed by atoms with E-state index in [-0.39, 0.29) is 41.3 Å². The Morgan fingerprint density at radius 2 is 2.03 bits per heavy atom. The van der Waals surface area contributed by atoms with E-state index in [0.29, 0.717) is 25.3 Å². The van der Waals surface area contributed by atoms with Crippen molar-refractivity contribution < 1.29 is 18.4 Å². The highest BCUT2D eigenvalue weighted by molar-refractivity contribution is 5.93. The van der Waals surface area contributed by atoms with Crippen molar-refractivity contribution in [1.82, 2.24) is 19.8 Å². The lowest BCUT2D eigenvalue weighted by molar-refractivity contribution is 0.0662. The van der Waals surface area contributed by atoms with Gasteiger partial charge in [0.05, 0.1) is 12.2 Å². The largest absolute Gasteiger partial charge is 0.438 e. The number of carbonyl (C=O) groups is 2. The summed E-state index contributed by atoms with van der Waals surface area (Å²) in [5.41, 5.74) is 1.24. The molecule has 0 unspecified atom stereocenters. The number of hydrogen-bond donors (Lipinski definition) is 1. The average Bonchev–Trinajstić information content (AvgIpc) is 3.51. The molecule has 2 amide bonds. The Hall–Kier alpha value is -3.42. The highest BCUT2D eigenvalue weighted by Crippen LogP contribution is 2.45. The molecule has 2 saturated heterocycles.